The SMILES string of the molecule is O=C1/C(=C\c2ccc(OC(=O)c3ccc(Cl)cc3)cc2)CCC/C1=C\c1ccc(OC(=O)c2ccc(Cl)cc2)cc1. The van der Waals surface area contributed by atoms with Crippen LogP contribution in [0.4, 0.5) is 0 Å². The maximum absolute atomic E-state index is 13.2. The first-order valence-electron chi connectivity index (χ1n) is 13.0. The van der Waals surface area contributed by atoms with E-state index in [4.69, 9.17) is 32.7 Å². The summed E-state index contributed by atoms with van der Waals surface area (Å²) in [5.41, 5.74) is 3.94. The molecule has 0 N–H and O–H groups in total. The molecular formula is C34H24Cl2O5. The van der Waals surface area contributed by atoms with Gasteiger partial charge in [-0.05, 0) is 115 Å². The number of carbonyl (C=O) groups excluding carboxylic acids is 3. The van der Waals surface area contributed by atoms with Crippen LogP contribution in [-0.2, 0) is 4.79 Å². The first-order valence-corrected chi connectivity index (χ1v) is 13.7. The topological polar surface area (TPSA) is 69.7 Å². The first kappa shape index (κ1) is 28.1. The molecule has 7 heteroatoms. The lowest BCUT2D eigenvalue weighted by atomic mass is 9.87. The fourth-order valence-corrected chi connectivity index (χ4v) is 4.60. The number of carbonyl (C=O) groups is 3. The fraction of sp³-hybridized carbons (Fsp3) is 0.0882. The summed E-state index contributed by atoms with van der Waals surface area (Å²) >= 11 is 11.7. The molecule has 0 aromatic heterocycles. The Hall–Kier alpha value is -4.45. The van der Waals surface area contributed by atoms with Gasteiger partial charge in [0.15, 0.2) is 5.78 Å². The Balaban J connectivity index is 1.22. The lowest BCUT2D eigenvalue weighted by Gasteiger charge is -2.16. The number of esters is 2. The van der Waals surface area contributed by atoms with E-state index in [9.17, 15) is 14.4 Å². The molecule has 0 saturated heterocycles. The molecule has 41 heavy (non-hydrogen) atoms. The predicted octanol–water partition coefficient (Wildman–Crippen LogP) is 8.65. The van der Waals surface area contributed by atoms with Crippen molar-refractivity contribution >= 4 is 53.1 Å². The lowest BCUT2D eigenvalue weighted by Crippen LogP contribution is -2.12. The third-order valence-corrected chi connectivity index (χ3v) is 7.00. The molecule has 1 saturated carbocycles. The van der Waals surface area contributed by atoms with Gasteiger partial charge in [-0.2, -0.15) is 0 Å². The molecule has 0 bridgehead atoms. The van der Waals surface area contributed by atoms with Crippen LogP contribution in [0, 0.1) is 0 Å². The molecule has 1 fully saturated rings. The number of ketones is 1. The summed E-state index contributed by atoms with van der Waals surface area (Å²) in [4.78, 5) is 37.9. The fourth-order valence-electron chi connectivity index (χ4n) is 4.35. The standard InChI is InChI=1S/C34H24Cl2O5/c35-28-12-8-24(9-13-28)33(38)40-30-16-4-22(5-17-30)20-26-2-1-3-27(32(26)37)21-23-6-18-31(19-7-23)41-34(39)25-10-14-29(36)15-11-25/h4-21H,1-3H2/b26-20-,27-21+. The molecule has 4 aromatic rings. The van der Waals surface area contributed by atoms with Gasteiger partial charge < -0.3 is 9.47 Å². The van der Waals surface area contributed by atoms with Crippen LogP contribution in [0.5, 0.6) is 11.5 Å². The molecule has 5 nitrogen and oxygen atoms in total. The van der Waals surface area contributed by atoms with E-state index in [0.29, 0.717) is 45.5 Å². The molecule has 0 amide bonds. The smallest absolute Gasteiger partial charge is 0.343 e. The second kappa shape index (κ2) is 12.8. The van der Waals surface area contributed by atoms with Gasteiger partial charge in [0, 0.05) is 21.2 Å². The number of hydrogen-bond donors (Lipinski definition) is 0. The normalized spacial score (nSPS) is 15.1. The van der Waals surface area contributed by atoms with E-state index in [0.717, 1.165) is 28.7 Å². The van der Waals surface area contributed by atoms with Crippen molar-refractivity contribution in [3.63, 3.8) is 0 Å². The van der Waals surface area contributed by atoms with E-state index in [1.807, 2.05) is 36.4 Å². The highest BCUT2D eigenvalue weighted by atomic mass is 35.5. The van der Waals surface area contributed by atoms with Crippen molar-refractivity contribution in [1.29, 1.82) is 0 Å². The van der Waals surface area contributed by atoms with E-state index in [2.05, 4.69) is 0 Å². The van der Waals surface area contributed by atoms with Crippen molar-refractivity contribution in [1.82, 2.24) is 0 Å². The van der Waals surface area contributed by atoms with Gasteiger partial charge in [-0.15, -0.1) is 0 Å². The molecule has 0 aliphatic heterocycles. The molecular weight excluding hydrogens is 559 g/mol. The van der Waals surface area contributed by atoms with Crippen molar-refractivity contribution in [3.05, 3.63) is 141 Å². The number of ether oxygens (including phenoxy) is 2. The zero-order chi connectivity index (χ0) is 28.8. The van der Waals surface area contributed by atoms with Gasteiger partial charge in [0.05, 0.1) is 11.1 Å². The molecule has 0 unspecified atom stereocenters. The highest BCUT2D eigenvalue weighted by Gasteiger charge is 2.20. The Morgan fingerprint density at radius 1 is 0.561 bits per heavy atom. The van der Waals surface area contributed by atoms with Crippen LogP contribution < -0.4 is 9.47 Å². The van der Waals surface area contributed by atoms with Crippen LogP contribution in [0.1, 0.15) is 51.1 Å². The molecule has 0 radical (unpaired) electrons. The van der Waals surface area contributed by atoms with Gasteiger partial charge in [-0.25, -0.2) is 9.59 Å². The van der Waals surface area contributed by atoms with Crippen LogP contribution in [0.15, 0.2) is 108 Å². The third kappa shape index (κ3) is 7.40. The van der Waals surface area contributed by atoms with E-state index >= 15 is 0 Å². The Morgan fingerprint density at radius 3 is 1.29 bits per heavy atom. The van der Waals surface area contributed by atoms with E-state index < -0.39 is 11.9 Å². The maximum Gasteiger partial charge on any atom is 0.343 e. The van der Waals surface area contributed by atoms with Gasteiger partial charge in [-0.3, -0.25) is 4.79 Å². The predicted molar refractivity (Wildman–Crippen MR) is 161 cm³/mol. The molecule has 1 aliphatic carbocycles. The van der Waals surface area contributed by atoms with Crippen molar-refractivity contribution in [2.24, 2.45) is 0 Å². The summed E-state index contributed by atoms with van der Waals surface area (Å²) in [7, 11) is 0. The Kier molecular flexibility index (Phi) is 8.78. The Labute approximate surface area is 247 Å². The summed E-state index contributed by atoms with van der Waals surface area (Å²) in [5.74, 6) is -0.127. The summed E-state index contributed by atoms with van der Waals surface area (Å²) in [6.07, 6.45) is 5.97. The third-order valence-electron chi connectivity index (χ3n) is 6.50. The second-order valence-corrected chi connectivity index (χ2v) is 10.3. The van der Waals surface area contributed by atoms with Crippen LogP contribution in [0.25, 0.3) is 12.2 Å². The zero-order valence-corrected chi connectivity index (χ0v) is 23.3. The van der Waals surface area contributed by atoms with Crippen molar-refractivity contribution < 1.29 is 23.9 Å². The van der Waals surface area contributed by atoms with Crippen molar-refractivity contribution in [2.45, 2.75) is 19.3 Å². The number of allylic oxidation sites excluding steroid dienone is 2. The first-order chi connectivity index (χ1) is 19.8. The minimum absolute atomic E-state index is 0.00716. The minimum Gasteiger partial charge on any atom is -0.423 e. The molecule has 0 atom stereocenters. The van der Waals surface area contributed by atoms with Gasteiger partial charge in [0.1, 0.15) is 11.5 Å². The molecule has 0 spiro atoms. The second-order valence-electron chi connectivity index (χ2n) is 9.45. The Bertz CT molecular complexity index is 1510. The zero-order valence-electron chi connectivity index (χ0n) is 21.8. The number of Topliss-reactive ketones (excluding diaryl/α,β-unsaturated/α-hetero) is 1. The van der Waals surface area contributed by atoms with Crippen LogP contribution >= 0.6 is 23.2 Å². The highest BCUT2D eigenvalue weighted by molar-refractivity contribution is 6.31. The molecule has 0 heterocycles. The maximum atomic E-state index is 13.2. The largest absolute Gasteiger partial charge is 0.423 e. The van der Waals surface area contributed by atoms with Crippen molar-refractivity contribution in [2.75, 3.05) is 0 Å². The van der Waals surface area contributed by atoms with Gasteiger partial charge in [-0.1, -0.05) is 47.5 Å². The van der Waals surface area contributed by atoms with Gasteiger partial charge in [0.25, 0.3) is 0 Å². The number of benzene rings is 4. The van der Waals surface area contributed by atoms with Gasteiger partial charge in [0.2, 0.25) is 0 Å². The van der Waals surface area contributed by atoms with Crippen LogP contribution in [-0.4, -0.2) is 17.7 Å². The quantitative estimate of drug-likeness (QED) is 0.129. The Morgan fingerprint density at radius 2 is 0.927 bits per heavy atom. The average Bonchev–Trinajstić information content (AvgIpc) is 2.98. The monoisotopic (exact) mass is 582 g/mol. The number of halogens is 2. The molecule has 1 aliphatic rings. The highest BCUT2D eigenvalue weighted by Crippen LogP contribution is 2.29. The van der Waals surface area contributed by atoms with Crippen LogP contribution in [0.3, 0.4) is 0 Å². The van der Waals surface area contributed by atoms with E-state index in [1.54, 1.807) is 72.8 Å². The summed E-state index contributed by atoms with van der Waals surface area (Å²) in [6.45, 7) is 0. The summed E-state index contributed by atoms with van der Waals surface area (Å²) in [6, 6.07) is 27.0. The van der Waals surface area contributed by atoms with Gasteiger partial charge >= 0.3 is 11.9 Å². The van der Waals surface area contributed by atoms with Crippen molar-refractivity contribution in [3.8, 4) is 11.5 Å². The molecule has 4 aromatic carbocycles. The number of hydrogen-bond acceptors (Lipinski definition) is 5. The lowest BCUT2D eigenvalue weighted by molar-refractivity contribution is -0.112. The van der Waals surface area contributed by atoms with Crippen LogP contribution in [0.2, 0.25) is 10.0 Å². The summed E-state index contributed by atoms with van der Waals surface area (Å²) in [5, 5.41) is 1.08. The minimum atomic E-state index is -0.474. The summed E-state index contributed by atoms with van der Waals surface area (Å²) < 4.78 is 10.9. The van der Waals surface area contributed by atoms with E-state index in [1.165, 1.54) is 0 Å². The molecule has 204 valence electrons. The number of rotatable bonds is 6. The van der Waals surface area contributed by atoms with E-state index in [-0.39, 0.29) is 5.78 Å². The average molecular weight is 583 g/mol. The molecule has 5 rings (SSSR count).